The van der Waals surface area contributed by atoms with Crippen LogP contribution in [-0.2, 0) is 0 Å². The molecule has 4 nitrogen and oxygen atoms in total. The molecule has 0 bridgehead atoms. The zero-order chi connectivity index (χ0) is 17.2. The Morgan fingerprint density at radius 2 is 1.92 bits per heavy atom. The van der Waals surface area contributed by atoms with Gasteiger partial charge in [0.05, 0.1) is 42.9 Å². The molecule has 0 unspecified atom stereocenters. The van der Waals surface area contributed by atoms with E-state index in [4.69, 9.17) is 0 Å². The molecule has 0 saturated carbocycles. The van der Waals surface area contributed by atoms with E-state index in [1.807, 2.05) is 12.1 Å². The van der Waals surface area contributed by atoms with Crippen molar-refractivity contribution < 1.29 is 9.29 Å². The number of piperazine rings is 1. The third-order valence-electron chi connectivity index (χ3n) is 4.79. The highest BCUT2D eigenvalue weighted by atomic mass is 32.1. The van der Waals surface area contributed by atoms with E-state index in [1.54, 1.807) is 22.6 Å². The van der Waals surface area contributed by atoms with E-state index >= 15 is 0 Å². The van der Waals surface area contributed by atoms with Gasteiger partial charge < -0.3 is 9.80 Å². The van der Waals surface area contributed by atoms with Crippen LogP contribution in [0.15, 0.2) is 36.7 Å². The zero-order valence-corrected chi connectivity index (χ0v) is 15.2. The lowest BCUT2D eigenvalue weighted by Gasteiger charge is -2.32. The number of halogens is 1. The van der Waals surface area contributed by atoms with Crippen LogP contribution in [0, 0.1) is 5.82 Å². The molecule has 3 aromatic rings. The number of thiophene rings is 1. The smallest absolute Gasteiger partial charge is 0.150 e. The van der Waals surface area contributed by atoms with Gasteiger partial charge in [-0.25, -0.2) is 14.4 Å². The molecule has 1 saturated heterocycles. The highest BCUT2D eigenvalue weighted by Crippen LogP contribution is 2.36. The van der Waals surface area contributed by atoms with Crippen LogP contribution in [0.25, 0.3) is 20.7 Å². The molecule has 1 N–H and O–H groups in total. The zero-order valence-electron chi connectivity index (χ0n) is 14.3. The average Bonchev–Trinajstić information content (AvgIpc) is 3.07. The Hall–Kier alpha value is -2.05. The van der Waals surface area contributed by atoms with Gasteiger partial charge in [-0.2, -0.15) is 0 Å². The van der Waals surface area contributed by atoms with Crippen molar-refractivity contribution in [2.24, 2.45) is 0 Å². The van der Waals surface area contributed by atoms with Crippen molar-refractivity contribution in [3.63, 3.8) is 0 Å². The number of hydrogen-bond acceptors (Lipinski definition) is 4. The number of quaternary nitrogens is 1. The molecule has 4 rings (SSSR count). The van der Waals surface area contributed by atoms with Crippen LogP contribution in [0.5, 0.6) is 0 Å². The van der Waals surface area contributed by atoms with Gasteiger partial charge in [0.15, 0.2) is 0 Å². The lowest BCUT2D eigenvalue weighted by atomic mass is 10.2. The highest BCUT2D eigenvalue weighted by molar-refractivity contribution is 7.22. The van der Waals surface area contributed by atoms with E-state index in [-0.39, 0.29) is 5.82 Å². The lowest BCUT2D eigenvalue weighted by molar-refractivity contribution is -0.900. The van der Waals surface area contributed by atoms with Crippen LogP contribution in [0.4, 0.5) is 10.2 Å². The molecule has 0 spiro atoms. The third kappa shape index (κ3) is 3.37. The molecule has 0 atom stereocenters. The van der Waals surface area contributed by atoms with Crippen molar-refractivity contribution >= 4 is 27.4 Å². The first-order chi connectivity index (χ1) is 12.2. The quantitative estimate of drug-likeness (QED) is 0.779. The van der Waals surface area contributed by atoms with Gasteiger partial charge in [-0.05, 0) is 30.2 Å². The largest absolute Gasteiger partial charge is 0.344 e. The number of nitrogens with zero attached hydrogens (tertiary/aromatic N) is 3. The fourth-order valence-corrected chi connectivity index (χ4v) is 4.60. The Morgan fingerprint density at radius 1 is 1.16 bits per heavy atom. The van der Waals surface area contributed by atoms with Crippen molar-refractivity contribution in [3.05, 3.63) is 42.5 Å². The SMILES string of the molecule is CCC[NH+]1CCN(c2ncnc3cc(-c4ccc(F)cc4)sc23)CC1. The molecule has 1 aromatic carbocycles. The van der Waals surface area contributed by atoms with Gasteiger partial charge in [0.25, 0.3) is 0 Å². The van der Waals surface area contributed by atoms with Crippen molar-refractivity contribution in [2.45, 2.75) is 13.3 Å². The lowest BCUT2D eigenvalue weighted by Crippen LogP contribution is -3.14. The first-order valence-corrected chi connectivity index (χ1v) is 9.65. The molecule has 1 aliphatic heterocycles. The van der Waals surface area contributed by atoms with Crippen LogP contribution >= 0.6 is 11.3 Å². The van der Waals surface area contributed by atoms with Crippen molar-refractivity contribution in [2.75, 3.05) is 37.6 Å². The van der Waals surface area contributed by atoms with Crippen LogP contribution < -0.4 is 9.80 Å². The number of hydrogen-bond donors (Lipinski definition) is 1. The van der Waals surface area contributed by atoms with Gasteiger partial charge in [-0.15, -0.1) is 11.3 Å². The van der Waals surface area contributed by atoms with Crippen molar-refractivity contribution in [3.8, 4) is 10.4 Å². The van der Waals surface area contributed by atoms with Gasteiger partial charge in [0.2, 0.25) is 0 Å². The predicted octanol–water partition coefficient (Wildman–Crippen LogP) is 2.61. The van der Waals surface area contributed by atoms with E-state index in [1.165, 1.54) is 25.1 Å². The summed E-state index contributed by atoms with van der Waals surface area (Å²) in [7, 11) is 0. The van der Waals surface area contributed by atoms with Crippen LogP contribution in [0.2, 0.25) is 0 Å². The normalized spacial score (nSPS) is 15.8. The summed E-state index contributed by atoms with van der Waals surface area (Å²) in [4.78, 5) is 14.2. The number of rotatable bonds is 4. The van der Waals surface area contributed by atoms with Gasteiger partial charge >= 0.3 is 0 Å². The first kappa shape index (κ1) is 16.4. The predicted molar refractivity (Wildman–Crippen MR) is 101 cm³/mol. The Bertz CT molecular complexity index is 853. The summed E-state index contributed by atoms with van der Waals surface area (Å²) in [5.41, 5.74) is 1.99. The molecule has 1 aliphatic rings. The molecule has 3 heterocycles. The molecule has 25 heavy (non-hydrogen) atoms. The second-order valence-electron chi connectivity index (χ2n) is 6.52. The summed E-state index contributed by atoms with van der Waals surface area (Å²) in [5.74, 6) is 0.830. The first-order valence-electron chi connectivity index (χ1n) is 8.83. The molecule has 0 amide bonds. The summed E-state index contributed by atoms with van der Waals surface area (Å²) in [6, 6.07) is 8.72. The van der Waals surface area contributed by atoms with Crippen molar-refractivity contribution in [1.82, 2.24) is 9.97 Å². The summed E-state index contributed by atoms with van der Waals surface area (Å²) < 4.78 is 14.3. The monoisotopic (exact) mass is 357 g/mol. The second-order valence-corrected chi connectivity index (χ2v) is 7.57. The fourth-order valence-electron chi connectivity index (χ4n) is 3.46. The molecular formula is C19H22FN4S+. The van der Waals surface area contributed by atoms with E-state index in [0.29, 0.717) is 0 Å². The standard InChI is InChI=1S/C19H21FN4S/c1-2-7-23-8-10-24(11-9-23)19-18-16(21-13-22-19)12-17(25-18)14-3-5-15(20)6-4-14/h3-6,12-13H,2,7-11H2,1H3/p+1. The summed E-state index contributed by atoms with van der Waals surface area (Å²) in [5, 5.41) is 0. The van der Waals surface area contributed by atoms with E-state index in [2.05, 4.69) is 27.9 Å². The minimum Gasteiger partial charge on any atom is -0.344 e. The molecule has 1 fully saturated rings. The Balaban J connectivity index is 1.63. The number of aromatic nitrogens is 2. The minimum atomic E-state index is -0.210. The van der Waals surface area contributed by atoms with Crippen LogP contribution in [0.3, 0.4) is 0 Å². The molecule has 0 radical (unpaired) electrons. The van der Waals surface area contributed by atoms with Gasteiger partial charge in [0.1, 0.15) is 18.0 Å². The maximum absolute atomic E-state index is 13.2. The summed E-state index contributed by atoms with van der Waals surface area (Å²) in [6.07, 6.45) is 2.89. The van der Waals surface area contributed by atoms with Crippen molar-refractivity contribution in [1.29, 1.82) is 0 Å². The highest BCUT2D eigenvalue weighted by Gasteiger charge is 2.22. The van der Waals surface area contributed by atoms with Crippen LogP contribution in [0.1, 0.15) is 13.3 Å². The van der Waals surface area contributed by atoms with E-state index in [0.717, 1.165) is 52.7 Å². The molecule has 0 aliphatic carbocycles. The Kier molecular flexibility index (Phi) is 4.63. The number of fused-ring (bicyclic) bond motifs is 1. The molecule has 130 valence electrons. The maximum atomic E-state index is 13.2. The molecule has 6 heteroatoms. The molecule has 2 aromatic heterocycles. The number of nitrogens with one attached hydrogen (secondary N) is 1. The second kappa shape index (κ2) is 7.06. The van der Waals surface area contributed by atoms with E-state index in [9.17, 15) is 4.39 Å². The summed E-state index contributed by atoms with van der Waals surface area (Å²) >= 11 is 1.69. The third-order valence-corrected chi connectivity index (χ3v) is 5.96. The number of benzene rings is 1. The number of anilines is 1. The average molecular weight is 357 g/mol. The molecular weight excluding hydrogens is 335 g/mol. The van der Waals surface area contributed by atoms with Crippen LogP contribution in [-0.4, -0.2) is 42.7 Å². The maximum Gasteiger partial charge on any atom is 0.150 e. The van der Waals surface area contributed by atoms with E-state index < -0.39 is 0 Å². The Morgan fingerprint density at radius 3 is 2.64 bits per heavy atom. The topological polar surface area (TPSA) is 33.5 Å². The summed E-state index contributed by atoms with van der Waals surface area (Å²) in [6.45, 7) is 7.89. The fraction of sp³-hybridized carbons (Fsp3) is 0.368. The van der Waals surface area contributed by atoms with Gasteiger partial charge in [0, 0.05) is 4.88 Å². The Labute approximate surface area is 150 Å². The van der Waals surface area contributed by atoms with Gasteiger partial charge in [-0.1, -0.05) is 19.1 Å². The minimum absolute atomic E-state index is 0.210. The van der Waals surface area contributed by atoms with Gasteiger partial charge in [-0.3, -0.25) is 0 Å².